The summed E-state index contributed by atoms with van der Waals surface area (Å²) in [5.41, 5.74) is 2.09. The van der Waals surface area contributed by atoms with Gasteiger partial charge in [0.15, 0.2) is 0 Å². The predicted molar refractivity (Wildman–Crippen MR) is 54.9 cm³/mol. The van der Waals surface area contributed by atoms with Crippen LogP contribution in [-0.4, -0.2) is 7.11 Å². The summed E-state index contributed by atoms with van der Waals surface area (Å²) < 4.78 is 15.7. The maximum Gasteiger partial charge on any atom is 0.512 e. The van der Waals surface area contributed by atoms with E-state index in [0.717, 1.165) is 11.1 Å². The molecule has 0 saturated heterocycles. The smallest absolute Gasteiger partial charge is 0.149 e. The van der Waals surface area contributed by atoms with Crippen LogP contribution in [-0.2, 0) is 15.3 Å². The maximum atomic E-state index is 11.0. The Labute approximate surface area is 79.1 Å². The second-order valence-corrected chi connectivity index (χ2v) is 3.97. The van der Waals surface area contributed by atoms with Crippen molar-refractivity contribution in [3.8, 4) is 0 Å². The van der Waals surface area contributed by atoms with Crippen LogP contribution in [0.25, 0.3) is 6.08 Å². The molecule has 1 atom stereocenters. The fraction of sp³-hybridized carbons (Fsp3) is 0.200. The molecule has 0 bridgehead atoms. The van der Waals surface area contributed by atoms with Crippen molar-refractivity contribution in [3.05, 3.63) is 42.0 Å². The number of benzene rings is 1. The molecule has 0 aliphatic rings. The third kappa shape index (κ3) is 3.10. The molecule has 2 nitrogen and oxygen atoms in total. The van der Waals surface area contributed by atoms with Crippen LogP contribution < -0.4 is 0 Å². The van der Waals surface area contributed by atoms with E-state index in [0.29, 0.717) is 6.16 Å². The second-order valence-electron chi connectivity index (χ2n) is 2.62. The van der Waals surface area contributed by atoms with Crippen LogP contribution in [0.1, 0.15) is 11.1 Å². The summed E-state index contributed by atoms with van der Waals surface area (Å²) in [6, 6.07) is 7.76. The molecule has 0 aliphatic heterocycles. The summed E-state index contributed by atoms with van der Waals surface area (Å²) in [5.74, 6) is 0. The van der Waals surface area contributed by atoms with Crippen molar-refractivity contribution < 1.29 is 9.09 Å². The Hall–Kier alpha value is -0.980. The topological polar surface area (TPSA) is 26.3 Å². The van der Waals surface area contributed by atoms with Crippen molar-refractivity contribution in [1.29, 1.82) is 0 Å². The highest BCUT2D eigenvalue weighted by molar-refractivity contribution is 7.38. The molecule has 0 aromatic heterocycles. The summed E-state index contributed by atoms with van der Waals surface area (Å²) >= 11 is 0. The molecule has 1 unspecified atom stereocenters. The molecule has 1 aromatic carbocycles. The zero-order valence-corrected chi connectivity index (χ0v) is 8.46. The Kier molecular flexibility index (Phi) is 3.81. The highest BCUT2D eigenvalue weighted by atomic mass is 31.1. The molecule has 1 aromatic rings. The van der Waals surface area contributed by atoms with E-state index in [4.69, 9.17) is 4.52 Å². The van der Waals surface area contributed by atoms with Gasteiger partial charge in [0, 0.05) is 5.56 Å². The second kappa shape index (κ2) is 4.90. The summed E-state index contributed by atoms with van der Waals surface area (Å²) in [6.45, 7) is 3.66. The zero-order valence-electron chi connectivity index (χ0n) is 7.56. The fourth-order valence-electron chi connectivity index (χ4n) is 0.973. The van der Waals surface area contributed by atoms with Gasteiger partial charge < -0.3 is 0 Å². The lowest BCUT2D eigenvalue weighted by atomic mass is 10.1. The number of rotatable bonds is 4. The molecular weight excluding hydrogens is 183 g/mol. The van der Waals surface area contributed by atoms with Crippen molar-refractivity contribution in [2.24, 2.45) is 0 Å². The van der Waals surface area contributed by atoms with Gasteiger partial charge in [-0.2, -0.15) is 0 Å². The Balaban J connectivity index is 2.69. The molecule has 0 amide bonds. The van der Waals surface area contributed by atoms with Crippen LogP contribution >= 0.6 is 8.03 Å². The SMILES string of the molecule is C=Cc1ccc(C[P+](=O)OC)cc1. The fourth-order valence-corrected chi connectivity index (χ4v) is 1.61. The van der Waals surface area contributed by atoms with Gasteiger partial charge in [-0.25, -0.2) is 0 Å². The van der Waals surface area contributed by atoms with Gasteiger partial charge in [-0.05, 0) is 10.1 Å². The minimum atomic E-state index is -1.54. The van der Waals surface area contributed by atoms with Gasteiger partial charge in [0.05, 0.1) is 7.11 Å². The van der Waals surface area contributed by atoms with Crippen molar-refractivity contribution in [2.45, 2.75) is 6.16 Å². The molecule has 1 rings (SSSR count). The van der Waals surface area contributed by atoms with Crippen LogP contribution in [0.5, 0.6) is 0 Å². The normalized spacial score (nSPS) is 11.0. The minimum Gasteiger partial charge on any atom is -0.149 e. The maximum absolute atomic E-state index is 11.0. The van der Waals surface area contributed by atoms with Crippen LogP contribution in [0.15, 0.2) is 30.8 Å². The number of hydrogen-bond donors (Lipinski definition) is 0. The first-order chi connectivity index (χ1) is 6.26. The first kappa shape index (κ1) is 10.1. The molecule has 0 heterocycles. The van der Waals surface area contributed by atoms with E-state index in [1.54, 1.807) is 6.08 Å². The van der Waals surface area contributed by atoms with E-state index in [2.05, 4.69) is 6.58 Å². The summed E-state index contributed by atoms with van der Waals surface area (Å²) in [5, 5.41) is 0. The van der Waals surface area contributed by atoms with Crippen molar-refractivity contribution in [2.75, 3.05) is 7.11 Å². The van der Waals surface area contributed by atoms with E-state index >= 15 is 0 Å². The highest BCUT2D eigenvalue weighted by Gasteiger charge is 2.14. The Morgan fingerprint density at radius 2 is 2.08 bits per heavy atom. The lowest BCUT2D eigenvalue weighted by Crippen LogP contribution is -1.81. The molecule has 13 heavy (non-hydrogen) atoms. The first-order valence-electron chi connectivity index (χ1n) is 3.96. The van der Waals surface area contributed by atoms with Crippen LogP contribution in [0.4, 0.5) is 0 Å². The molecule has 0 fully saturated rings. The van der Waals surface area contributed by atoms with Gasteiger partial charge in [0.25, 0.3) is 0 Å². The third-order valence-corrected chi connectivity index (χ3v) is 2.76. The number of hydrogen-bond acceptors (Lipinski definition) is 2. The van der Waals surface area contributed by atoms with Gasteiger partial charge in [0.2, 0.25) is 6.16 Å². The van der Waals surface area contributed by atoms with Crippen molar-refractivity contribution >= 4 is 14.1 Å². The van der Waals surface area contributed by atoms with E-state index in [1.807, 2.05) is 24.3 Å². The summed E-state index contributed by atoms with van der Waals surface area (Å²) in [6.07, 6.45) is 2.25. The van der Waals surface area contributed by atoms with Gasteiger partial charge in [-0.15, -0.1) is 4.52 Å². The molecular formula is C10H12O2P+. The Morgan fingerprint density at radius 1 is 1.46 bits per heavy atom. The summed E-state index contributed by atoms with van der Waals surface area (Å²) in [7, 11) is -0.0892. The van der Waals surface area contributed by atoms with Crippen LogP contribution in [0.2, 0.25) is 0 Å². The van der Waals surface area contributed by atoms with Gasteiger partial charge in [-0.3, -0.25) is 0 Å². The van der Waals surface area contributed by atoms with E-state index in [1.165, 1.54) is 7.11 Å². The zero-order chi connectivity index (χ0) is 9.68. The van der Waals surface area contributed by atoms with E-state index < -0.39 is 8.03 Å². The first-order valence-corrected chi connectivity index (χ1v) is 5.32. The van der Waals surface area contributed by atoms with Crippen molar-refractivity contribution in [1.82, 2.24) is 0 Å². The third-order valence-electron chi connectivity index (χ3n) is 1.73. The average molecular weight is 195 g/mol. The molecule has 0 saturated carbocycles. The molecule has 0 spiro atoms. The quantitative estimate of drug-likeness (QED) is 0.689. The van der Waals surface area contributed by atoms with Crippen LogP contribution in [0, 0.1) is 0 Å². The van der Waals surface area contributed by atoms with E-state index in [9.17, 15) is 4.57 Å². The molecule has 0 radical (unpaired) electrons. The highest BCUT2D eigenvalue weighted by Crippen LogP contribution is 2.26. The molecule has 0 aliphatic carbocycles. The largest absolute Gasteiger partial charge is 0.512 e. The van der Waals surface area contributed by atoms with Gasteiger partial charge >= 0.3 is 8.03 Å². The van der Waals surface area contributed by atoms with E-state index in [-0.39, 0.29) is 0 Å². The minimum absolute atomic E-state index is 0.475. The lowest BCUT2D eigenvalue weighted by molar-refractivity contribution is 0.414. The monoisotopic (exact) mass is 195 g/mol. The Morgan fingerprint density at radius 3 is 2.54 bits per heavy atom. The van der Waals surface area contributed by atoms with Crippen LogP contribution in [0.3, 0.4) is 0 Å². The van der Waals surface area contributed by atoms with Gasteiger partial charge in [0.1, 0.15) is 0 Å². The lowest BCUT2D eigenvalue weighted by Gasteiger charge is -1.93. The Bertz CT molecular complexity index is 303. The molecule has 0 N–H and O–H groups in total. The average Bonchev–Trinajstić information content (AvgIpc) is 2.19. The predicted octanol–water partition coefficient (Wildman–Crippen LogP) is 3.22. The van der Waals surface area contributed by atoms with Crippen molar-refractivity contribution in [3.63, 3.8) is 0 Å². The standard InChI is InChI=1S/C10H12O2P/c1-3-9-4-6-10(7-5-9)8-13(11)12-2/h3-7H,1,8H2,2H3/q+1. The molecule has 68 valence electrons. The van der Waals surface area contributed by atoms with Gasteiger partial charge in [-0.1, -0.05) is 36.9 Å². The molecule has 3 heteroatoms. The summed E-state index contributed by atoms with van der Waals surface area (Å²) in [4.78, 5) is 0.